The Morgan fingerprint density at radius 1 is 1.48 bits per heavy atom. The van der Waals surface area contributed by atoms with E-state index in [2.05, 4.69) is 10.4 Å². The Bertz CT molecular complexity index is 628. The molecule has 0 aliphatic rings. The summed E-state index contributed by atoms with van der Waals surface area (Å²) in [5, 5.41) is 16.1. The van der Waals surface area contributed by atoms with E-state index in [1.807, 2.05) is 0 Å². The van der Waals surface area contributed by atoms with Crippen LogP contribution >= 0.6 is 11.6 Å². The lowest BCUT2D eigenvalue weighted by atomic mass is 10.1. The van der Waals surface area contributed by atoms with E-state index in [0.29, 0.717) is 16.5 Å². The predicted molar refractivity (Wildman–Crippen MR) is 79.3 cm³/mol. The molecule has 0 aliphatic heterocycles. The summed E-state index contributed by atoms with van der Waals surface area (Å²) >= 11 is 5.99. The molecule has 0 radical (unpaired) electrons. The van der Waals surface area contributed by atoms with Gasteiger partial charge < -0.3 is 15.2 Å². The number of hydrogen-bond acceptors (Lipinski definition) is 4. The fourth-order valence-corrected chi connectivity index (χ4v) is 2.04. The maximum absolute atomic E-state index is 11.6. The van der Waals surface area contributed by atoms with Crippen molar-refractivity contribution >= 4 is 17.5 Å². The molecule has 2 rings (SSSR count). The second kappa shape index (κ2) is 7.10. The number of carbonyl (C=O) groups is 1. The molecule has 1 amide bonds. The number of nitrogens with one attached hydrogen (secondary N) is 1. The predicted octanol–water partition coefficient (Wildman–Crippen LogP) is 1.32. The maximum Gasteiger partial charge on any atom is 0.241 e. The largest absolute Gasteiger partial charge is 0.496 e. The van der Waals surface area contributed by atoms with Gasteiger partial charge in [0.25, 0.3) is 0 Å². The van der Waals surface area contributed by atoms with Gasteiger partial charge in [-0.1, -0.05) is 11.6 Å². The van der Waals surface area contributed by atoms with Crippen LogP contribution in [0.3, 0.4) is 0 Å². The number of methoxy groups -OCH3 is 1. The first-order valence-electron chi connectivity index (χ1n) is 6.39. The first-order valence-corrected chi connectivity index (χ1v) is 6.76. The highest BCUT2D eigenvalue weighted by Gasteiger charge is 2.11. The molecule has 0 bridgehead atoms. The van der Waals surface area contributed by atoms with Crippen molar-refractivity contribution in [3.63, 3.8) is 0 Å². The number of aromatic nitrogens is 2. The number of ether oxygens (including phenoxy) is 1. The van der Waals surface area contributed by atoms with Gasteiger partial charge in [0.15, 0.2) is 0 Å². The van der Waals surface area contributed by atoms with Crippen LogP contribution in [-0.4, -0.2) is 41.1 Å². The molecule has 2 N–H and O–H groups in total. The van der Waals surface area contributed by atoms with Crippen molar-refractivity contribution in [1.29, 1.82) is 0 Å². The first kappa shape index (κ1) is 15.3. The Morgan fingerprint density at radius 3 is 3.00 bits per heavy atom. The van der Waals surface area contributed by atoms with Gasteiger partial charge in [-0.25, -0.2) is 0 Å². The number of aliphatic hydroxyl groups is 1. The van der Waals surface area contributed by atoms with Crippen molar-refractivity contribution in [2.24, 2.45) is 0 Å². The molecule has 0 saturated carbocycles. The number of aliphatic hydroxyl groups excluding tert-OH is 1. The van der Waals surface area contributed by atoms with Crippen molar-refractivity contribution in [2.75, 3.05) is 20.3 Å². The van der Waals surface area contributed by atoms with E-state index in [1.165, 1.54) is 4.68 Å². The number of hydrogen-bond donors (Lipinski definition) is 2. The molecule has 0 aliphatic carbocycles. The molecule has 0 atom stereocenters. The number of halogens is 1. The van der Waals surface area contributed by atoms with Crippen molar-refractivity contribution in [2.45, 2.75) is 6.54 Å². The van der Waals surface area contributed by atoms with Gasteiger partial charge in [-0.05, 0) is 24.3 Å². The van der Waals surface area contributed by atoms with Gasteiger partial charge in [-0.15, -0.1) is 0 Å². The van der Waals surface area contributed by atoms with Crippen molar-refractivity contribution in [3.05, 3.63) is 35.5 Å². The van der Waals surface area contributed by atoms with Gasteiger partial charge in [-0.3, -0.25) is 9.48 Å². The lowest BCUT2D eigenvalue weighted by Gasteiger charge is -2.06. The molecule has 21 heavy (non-hydrogen) atoms. The normalized spacial score (nSPS) is 10.4. The van der Waals surface area contributed by atoms with E-state index in [-0.39, 0.29) is 25.6 Å². The van der Waals surface area contributed by atoms with Crippen LogP contribution in [0.5, 0.6) is 5.75 Å². The third-order valence-electron chi connectivity index (χ3n) is 2.82. The average molecular weight is 310 g/mol. The minimum absolute atomic E-state index is 0.0862. The van der Waals surface area contributed by atoms with Crippen molar-refractivity contribution < 1.29 is 14.6 Å². The van der Waals surface area contributed by atoms with E-state index in [9.17, 15) is 4.79 Å². The Balaban J connectivity index is 2.16. The second-order valence-electron chi connectivity index (χ2n) is 4.32. The Hall–Kier alpha value is -2.05. The van der Waals surface area contributed by atoms with Crippen LogP contribution in [0.25, 0.3) is 11.3 Å². The highest BCUT2D eigenvalue weighted by atomic mass is 35.5. The van der Waals surface area contributed by atoms with Crippen LogP contribution in [0.2, 0.25) is 5.02 Å². The van der Waals surface area contributed by atoms with Crippen LogP contribution in [0.15, 0.2) is 30.5 Å². The van der Waals surface area contributed by atoms with Gasteiger partial charge >= 0.3 is 0 Å². The Labute approximate surface area is 127 Å². The Morgan fingerprint density at radius 2 is 2.29 bits per heavy atom. The molecule has 7 heteroatoms. The first-order chi connectivity index (χ1) is 10.1. The smallest absolute Gasteiger partial charge is 0.241 e. The minimum Gasteiger partial charge on any atom is -0.496 e. The number of rotatable bonds is 6. The molecule has 1 aromatic carbocycles. The zero-order chi connectivity index (χ0) is 15.2. The molecular weight excluding hydrogens is 294 g/mol. The van der Waals surface area contributed by atoms with E-state index in [0.717, 1.165) is 5.56 Å². The Kier molecular flexibility index (Phi) is 5.19. The van der Waals surface area contributed by atoms with Gasteiger partial charge in [0, 0.05) is 23.3 Å². The van der Waals surface area contributed by atoms with Gasteiger partial charge in [0.1, 0.15) is 12.3 Å². The SMILES string of the molecule is COc1ccc(Cl)cc1-c1ccn(CC(=O)NCCO)n1. The molecule has 1 heterocycles. The monoisotopic (exact) mass is 309 g/mol. The van der Waals surface area contributed by atoms with E-state index in [1.54, 1.807) is 37.6 Å². The fraction of sp³-hybridized carbons (Fsp3) is 0.286. The standard InChI is InChI=1S/C14H16ClN3O3/c1-21-13-3-2-10(15)8-11(13)12-4-6-18(17-12)9-14(20)16-5-7-19/h2-4,6,8,19H,5,7,9H2,1H3,(H,16,20). The third kappa shape index (κ3) is 3.96. The molecule has 0 fully saturated rings. The topological polar surface area (TPSA) is 76.4 Å². The lowest BCUT2D eigenvalue weighted by molar-refractivity contribution is -0.122. The van der Waals surface area contributed by atoms with Crippen molar-refractivity contribution in [1.82, 2.24) is 15.1 Å². The van der Waals surface area contributed by atoms with Crippen LogP contribution in [0.1, 0.15) is 0 Å². The van der Waals surface area contributed by atoms with E-state index >= 15 is 0 Å². The zero-order valence-corrected chi connectivity index (χ0v) is 12.3. The highest BCUT2D eigenvalue weighted by Crippen LogP contribution is 2.31. The summed E-state index contributed by atoms with van der Waals surface area (Å²) in [6.45, 7) is 0.230. The van der Waals surface area contributed by atoms with Crippen LogP contribution < -0.4 is 10.1 Å². The van der Waals surface area contributed by atoms with E-state index < -0.39 is 0 Å². The van der Waals surface area contributed by atoms with Crippen LogP contribution in [-0.2, 0) is 11.3 Å². The summed E-state index contributed by atoms with van der Waals surface area (Å²) in [5.41, 5.74) is 1.43. The molecule has 1 aromatic heterocycles. The van der Waals surface area contributed by atoms with Crippen LogP contribution in [0, 0.1) is 0 Å². The number of carbonyl (C=O) groups excluding carboxylic acids is 1. The maximum atomic E-state index is 11.6. The number of nitrogens with zero attached hydrogens (tertiary/aromatic N) is 2. The summed E-state index contributed by atoms with van der Waals surface area (Å²) in [6, 6.07) is 7.06. The molecule has 0 unspecified atom stereocenters. The number of benzene rings is 1. The molecule has 0 spiro atoms. The molecular formula is C14H16ClN3O3. The summed E-state index contributed by atoms with van der Waals surface area (Å²) in [4.78, 5) is 11.6. The molecule has 6 nitrogen and oxygen atoms in total. The summed E-state index contributed by atoms with van der Waals surface area (Å²) < 4.78 is 6.80. The van der Waals surface area contributed by atoms with Gasteiger partial charge in [-0.2, -0.15) is 5.10 Å². The third-order valence-corrected chi connectivity index (χ3v) is 3.05. The average Bonchev–Trinajstić information content (AvgIpc) is 2.93. The lowest BCUT2D eigenvalue weighted by Crippen LogP contribution is -2.30. The van der Waals surface area contributed by atoms with Gasteiger partial charge in [0.05, 0.1) is 19.4 Å². The summed E-state index contributed by atoms with van der Waals surface area (Å²) in [6.07, 6.45) is 1.70. The van der Waals surface area contributed by atoms with Crippen molar-refractivity contribution in [3.8, 4) is 17.0 Å². The molecule has 2 aromatic rings. The zero-order valence-electron chi connectivity index (χ0n) is 11.5. The number of amides is 1. The van der Waals surface area contributed by atoms with Gasteiger partial charge in [0.2, 0.25) is 5.91 Å². The molecule has 0 saturated heterocycles. The quantitative estimate of drug-likeness (QED) is 0.844. The van der Waals surface area contributed by atoms with E-state index in [4.69, 9.17) is 21.4 Å². The van der Waals surface area contributed by atoms with Crippen LogP contribution in [0.4, 0.5) is 0 Å². The minimum atomic E-state index is -0.211. The summed E-state index contributed by atoms with van der Waals surface area (Å²) in [5.74, 6) is 0.450. The fourth-order valence-electron chi connectivity index (χ4n) is 1.87. The molecule has 112 valence electrons. The highest BCUT2D eigenvalue weighted by molar-refractivity contribution is 6.30. The summed E-state index contributed by atoms with van der Waals surface area (Å²) in [7, 11) is 1.58. The second-order valence-corrected chi connectivity index (χ2v) is 4.75.